The van der Waals surface area contributed by atoms with Crippen molar-refractivity contribution in [3.63, 3.8) is 0 Å². The molecule has 0 saturated heterocycles. The highest BCUT2D eigenvalue weighted by atomic mass is 16.5. The second-order valence-corrected chi connectivity index (χ2v) is 4.03. The summed E-state index contributed by atoms with van der Waals surface area (Å²) in [5.41, 5.74) is 0. The molecule has 1 unspecified atom stereocenters. The van der Waals surface area contributed by atoms with Crippen LogP contribution in [0, 0.1) is 0 Å². The van der Waals surface area contributed by atoms with Gasteiger partial charge in [0.05, 0.1) is 12.2 Å². The van der Waals surface area contributed by atoms with Crippen LogP contribution in [0.5, 0.6) is 0 Å². The molecule has 0 aliphatic rings. The Morgan fingerprint density at radius 3 is 1.92 bits per heavy atom. The van der Waals surface area contributed by atoms with E-state index >= 15 is 0 Å². The molecule has 0 rings (SSSR count). The van der Waals surface area contributed by atoms with E-state index in [-0.39, 0.29) is 0 Å². The predicted molar refractivity (Wildman–Crippen MR) is 53.4 cm³/mol. The third-order valence-electron chi connectivity index (χ3n) is 1.93. The fourth-order valence-corrected chi connectivity index (χ4v) is 1.12. The van der Waals surface area contributed by atoms with E-state index in [1.54, 1.807) is 0 Å². The van der Waals surface area contributed by atoms with Crippen LogP contribution in [0.3, 0.4) is 0 Å². The van der Waals surface area contributed by atoms with Gasteiger partial charge in [-0.3, -0.25) is 0 Å². The molecule has 0 aromatic rings. The zero-order valence-electron chi connectivity index (χ0n) is 9.29. The molecule has 74 valence electrons. The van der Waals surface area contributed by atoms with Crippen molar-refractivity contribution in [1.29, 1.82) is 0 Å². The van der Waals surface area contributed by atoms with Crippen LogP contribution in [0.25, 0.3) is 0 Å². The van der Waals surface area contributed by atoms with Crippen LogP contribution in [-0.4, -0.2) is 36.7 Å². The highest BCUT2D eigenvalue weighted by molar-refractivity contribution is 4.62. The summed E-state index contributed by atoms with van der Waals surface area (Å²) >= 11 is 0. The number of nitrogens with zero attached hydrogens (tertiary/aromatic N) is 1. The van der Waals surface area contributed by atoms with Crippen LogP contribution < -0.4 is 0 Å². The summed E-state index contributed by atoms with van der Waals surface area (Å²) in [6.07, 6.45) is 0.665. The summed E-state index contributed by atoms with van der Waals surface area (Å²) in [5.74, 6) is 0. The Kier molecular flexibility index (Phi) is 5.51. The maximum atomic E-state index is 5.63. The van der Waals surface area contributed by atoms with E-state index in [2.05, 4.69) is 46.6 Å². The van der Waals surface area contributed by atoms with Gasteiger partial charge in [-0.25, -0.2) is 0 Å². The molecule has 0 heterocycles. The van der Waals surface area contributed by atoms with Gasteiger partial charge in [-0.1, -0.05) is 0 Å². The van der Waals surface area contributed by atoms with Gasteiger partial charge in [0.25, 0.3) is 0 Å². The second kappa shape index (κ2) is 5.55. The summed E-state index contributed by atoms with van der Waals surface area (Å²) < 4.78 is 5.63. The fraction of sp³-hybridized carbons (Fsp3) is 1.00. The molecule has 2 nitrogen and oxygen atoms in total. The van der Waals surface area contributed by atoms with Gasteiger partial charge in [-0.05, 0) is 41.7 Å². The van der Waals surface area contributed by atoms with Crippen LogP contribution in [0.15, 0.2) is 0 Å². The largest absolute Gasteiger partial charge is 0.375 e. The van der Waals surface area contributed by atoms with Crippen molar-refractivity contribution >= 4 is 0 Å². The highest BCUT2D eigenvalue weighted by Gasteiger charge is 2.10. The molecule has 0 aliphatic carbocycles. The topological polar surface area (TPSA) is 12.5 Å². The van der Waals surface area contributed by atoms with Crippen LogP contribution in [-0.2, 0) is 4.74 Å². The third-order valence-corrected chi connectivity index (χ3v) is 1.93. The number of hydrogen-bond acceptors (Lipinski definition) is 2. The summed E-state index contributed by atoms with van der Waals surface area (Å²) in [4.78, 5) is 2.30. The molecule has 0 bridgehead atoms. The highest BCUT2D eigenvalue weighted by Crippen LogP contribution is 2.01. The van der Waals surface area contributed by atoms with E-state index in [0.29, 0.717) is 18.2 Å². The normalized spacial score (nSPS) is 14.8. The maximum absolute atomic E-state index is 5.63. The summed E-state index contributed by atoms with van der Waals surface area (Å²) in [6.45, 7) is 11.7. The second-order valence-electron chi connectivity index (χ2n) is 4.03. The standard InChI is InChI=1S/C10H23NO/c1-8(2)11(6)7-10(5)12-9(3)4/h8-10H,7H2,1-6H3. The Balaban J connectivity index is 3.61. The lowest BCUT2D eigenvalue weighted by Gasteiger charge is -2.25. The van der Waals surface area contributed by atoms with E-state index < -0.39 is 0 Å². The van der Waals surface area contributed by atoms with Crippen molar-refractivity contribution in [2.24, 2.45) is 0 Å². The van der Waals surface area contributed by atoms with Crippen molar-refractivity contribution in [3.8, 4) is 0 Å². The predicted octanol–water partition coefficient (Wildman–Crippen LogP) is 2.14. The summed E-state index contributed by atoms with van der Waals surface area (Å²) in [6, 6.07) is 0.600. The first-order valence-corrected chi connectivity index (χ1v) is 4.79. The van der Waals surface area contributed by atoms with Crippen molar-refractivity contribution in [2.45, 2.75) is 52.9 Å². The Hall–Kier alpha value is -0.0800. The molecule has 0 aliphatic heterocycles. The lowest BCUT2D eigenvalue weighted by Crippen LogP contribution is -2.35. The molecule has 1 atom stereocenters. The van der Waals surface area contributed by atoms with Crippen molar-refractivity contribution < 1.29 is 4.74 Å². The Labute approximate surface area is 76.9 Å². The molecule has 0 spiro atoms. The van der Waals surface area contributed by atoms with E-state index in [1.165, 1.54) is 0 Å². The van der Waals surface area contributed by atoms with E-state index in [0.717, 1.165) is 6.54 Å². The number of ether oxygens (including phenoxy) is 1. The van der Waals surface area contributed by atoms with Crippen LogP contribution in [0.2, 0.25) is 0 Å². The zero-order valence-corrected chi connectivity index (χ0v) is 9.29. The van der Waals surface area contributed by atoms with Crippen molar-refractivity contribution in [1.82, 2.24) is 4.90 Å². The third kappa shape index (κ3) is 5.56. The van der Waals surface area contributed by atoms with Gasteiger partial charge in [0.1, 0.15) is 0 Å². The first-order valence-electron chi connectivity index (χ1n) is 4.79. The van der Waals surface area contributed by atoms with Crippen molar-refractivity contribution in [3.05, 3.63) is 0 Å². The number of likely N-dealkylation sites (N-methyl/N-ethyl adjacent to an activating group) is 1. The van der Waals surface area contributed by atoms with Crippen LogP contribution in [0.1, 0.15) is 34.6 Å². The smallest absolute Gasteiger partial charge is 0.0677 e. The maximum Gasteiger partial charge on any atom is 0.0677 e. The quantitative estimate of drug-likeness (QED) is 0.631. The summed E-state index contributed by atoms with van der Waals surface area (Å²) in [5, 5.41) is 0. The molecular weight excluding hydrogens is 150 g/mol. The molecule has 2 heteroatoms. The van der Waals surface area contributed by atoms with Gasteiger partial charge < -0.3 is 9.64 Å². The minimum atomic E-state index is 0.331. The van der Waals surface area contributed by atoms with Crippen LogP contribution >= 0.6 is 0 Å². The Morgan fingerprint density at radius 1 is 1.08 bits per heavy atom. The fourth-order valence-electron chi connectivity index (χ4n) is 1.12. The minimum absolute atomic E-state index is 0.331. The first kappa shape index (κ1) is 11.9. The van der Waals surface area contributed by atoms with Crippen LogP contribution in [0.4, 0.5) is 0 Å². The zero-order chi connectivity index (χ0) is 9.72. The SMILES string of the molecule is CC(C)OC(C)CN(C)C(C)C. The molecule has 0 aromatic heterocycles. The molecule has 0 saturated carbocycles. The molecule has 0 fully saturated rings. The van der Waals surface area contributed by atoms with Gasteiger partial charge in [-0.2, -0.15) is 0 Å². The van der Waals surface area contributed by atoms with Gasteiger partial charge in [-0.15, -0.1) is 0 Å². The van der Waals surface area contributed by atoms with E-state index in [9.17, 15) is 0 Å². The Bertz CT molecular complexity index is 112. The molecular formula is C10H23NO. The van der Waals surface area contributed by atoms with Gasteiger partial charge in [0, 0.05) is 12.6 Å². The molecule has 0 amide bonds. The lowest BCUT2D eigenvalue weighted by molar-refractivity contribution is -0.00148. The van der Waals surface area contributed by atoms with Gasteiger partial charge in [0.2, 0.25) is 0 Å². The van der Waals surface area contributed by atoms with E-state index in [4.69, 9.17) is 4.74 Å². The van der Waals surface area contributed by atoms with E-state index in [1.807, 2.05) is 0 Å². The average molecular weight is 173 g/mol. The molecule has 0 aromatic carbocycles. The summed E-state index contributed by atoms with van der Waals surface area (Å²) in [7, 11) is 2.13. The first-order chi connectivity index (χ1) is 5.43. The van der Waals surface area contributed by atoms with Crippen molar-refractivity contribution in [2.75, 3.05) is 13.6 Å². The number of hydrogen-bond donors (Lipinski definition) is 0. The van der Waals surface area contributed by atoms with Gasteiger partial charge >= 0.3 is 0 Å². The minimum Gasteiger partial charge on any atom is -0.375 e. The number of rotatable bonds is 5. The lowest BCUT2D eigenvalue weighted by atomic mass is 10.3. The monoisotopic (exact) mass is 173 g/mol. The average Bonchev–Trinajstić information content (AvgIpc) is 1.84. The van der Waals surface area contributed by atoms with Gasteiger partial charge in [0.15, 0.2) is 0 Å². The molecule has 0 radical (unpaired) electrons. The Morgan fingerprint density at radius 2 is 1.58 bits per heavy atom. The molecule has 12 heavy (non-hydrogen) atoms. The molecule has 0 N–H and O–H groups in total.